The molecule has 2 rings (SSSR count). The van der Waals surface area contributed by atoms with Crippen LogP contribution in [0.2, 0.25) is 0 Å². The predicted molar refractivity (Wildman–Crippen MR) is 84.2 cm³/mol. The van der Waals surface area contributed by atoms with Gasteiger partial charge >= 0.3 is 7.12 Å². The van der Waals surface area contributed by atoms with E-state index in [2.05, 4.69) is 5.32 Å². The molecule has 2 N–H and O–H groups in total. The van der Waals surface area contributed by atoms with E-state index in [1.54, 1.807) is 19.3 Å². The third-order valence-electron chi connectivity index (χ3n) is 4.29. The molecule has 7 heteroatoms. The maximum Gasteiger partial charge on any atom is 0.498 e. The maximum absolute atomic E-state index is 14.4. The smallest absolute Gasteiger partial charge is 0.494 e. The number of hydrogen-bond donors (Lipinski definition) is 2. The minimum absolute atomic E-state index is 0.0169. The highest BCUT2D eigenvalue weighted by Crippen LogP contribution is 2.41. The summed E-state index contributed by atoms with van der Waals surface area (Å²) in [5, 5.41) is 10.7. The van der Waals surface area contributed by atoms with E-state index in [-0.39, 0.29) is 11.5 Å². The standard InChI is InChI=1S/C15H22BFN2O3/c1-14(2)15(3,4)22-16(21-14)10-7-9(8-19-5)12(18)11(17)13(10)20-6/h7-8,18-19H,1-6H3/b9-8-,18-12?. The van der Waals surface area contributed by atoms with Gasteiger partial charge in [0.25, 0.3) is 0 Å². The topological polar surface area (TPSA) is 63.6 Å². The lowest BCUT2D eigenvalue weighted by Gasteiger charge is -2.32. The van der Waals surface area contributed by atoms with Crippen molar-refractivity contribution in [2.24, 2.45) is 0 Å². The Morgan fingerprint density at radius 1 is 1.27 bits per heavy atom. The zero-order chi connectivity index (χ0) is 16.7. The van der Waals surface area contributed by atoms with Crippen molar-refractivity contribution in [1.29, 1.82) is 5.41 Å². The van der Waals surface area contributed by atoms with Gasteiger partial charge in [-0.05, 0) is 33.8 Å². The summed E-state index contributed by atoms with van der Waals surface area (Å²) in [5.74, 6) is -0.743. The Bertz CT molecular complexity index is 578. The van der Waals surface area contributed by atoms with Crippen LogP contribution in [-0.4, -0.2) is 38.2 Å². The summed E-state index contributed by atoms with van der Waals surface area (Å²) >= 11 is 0. The van der Waals surface area contributed by atoms with Crippen molar-refractivity contribution in [3.8, 4) is 0 Å². The van der Waals surface area contributed by atoms with Gasteiger partial charge in [-0.3, -0.25) is 5.41 Å². The van der Waals surface area contributed by atoms with E-state index in [0.717, 1.165) is 0 Å². The van der Waals surface area contributed by atoms with E-state index in [1.165, 1.54) is 7.11 Å². The first-order valence-electron chi connectivity index (χ1n) is 7.12. The largest absolute Gasteiger partial charge is 0.498 e. The summed E-state index contributed by atoms with van der Waals surface area (Å²) in [7, 11) is 2.31. The Morgan fingerprint density at radius 2 is 1.82 bits per heavy atom. The fourth-order valence-corrected chi connectivity index (χ4v) is 2.29. The Morgan fingerprint density at radius 3 is 2.27 bits per heavy atom. The highest BCUT2D eigenvalue weighted by molar-refractivity contribution is 6.56. The quantitative estimate of drug-likeness (QED) is 0.786. The zero-order valence-corrected chi connectivity index (χ0v) is 13.8. The molecule has 0 spiro atoms. The van der Waals surface area contributed by atoms with Crippen molar-refractivity contribution in [1.82, 2.24) is 5.32 Å². The van der Waals surface area contributed by atoms with Crippen molar-refractivity contribution >= 4 is 12.8 Å². The monoisotopic (exact) mass is 308 g/mol. The molecule has 0 bridgehead atoms. The predicted octanol–water partition coefficient (Wildman–Crippen LogP) is 2.51. The molecule has 1 heterocycles. The van der Waals surface area contributed by atoms with E-state index in [4.69, 9.17) is 19.5 Å². The minimum atomic E-state index is -0.751. The second-order valence-electron chi connectivity index (χ2n) is 6.30. The Balaban J connectivity index is 2.46. The molecular weight excluding hydrogens is 286 g/mol. The van der Waals surface area contributed by atoms with Crippen LogP contribution in [0.15, 0.2) is 34.9 Å². The Labute approximate surface area is 130 Å². The second-order valence-corrected chi connectivity index (χ2v) is 6.30. The number of rotatable bonds is 3. The van der Waals surface area contributed by atoms with E-state index >= 15 is 0 Å². The van der Waals surface area contributed by atoms with E-state index in [0.29, 0.717) is 11.0 Å². The van der Waals surface area contributed by atoms with E-state index in [1.807, 2.05) is 27.7 Å². The lowest BCUT2D eigenvalue weighted by Crippen LogP contribution is -2.41. The molecule has 0 unspecified atom stereocenters. The van der Waals surface area contributed by atoms with Gasteiger partial charge in [-0.2, -0.15) is 0 Å². The summed E-state index contributed by atoms with van der Waals surface area (Å²) in [6.07, 6.45) is 3.21. The molecule has 0 amide bonds. The highest BCUT2D eigenvalue weighted by atomic mass is 19.1. The molecule has 22 heavy (non-hydrogen) atoms. The number of allylic oxidation sites excluding steroid dienone is 4. The molecule has 2 aliphatic rings. The average molecular weight is 308 g/mol. The molecule has 0 radical (unpaired) electrons. The highest BCUT2D eigenvalue weighted by Gasteiger charge is 2.54. The number of hydrogen-bond acceptors (Lipinski definition) is 5. The molecule has 0 saturated carbocycles. The van der Waals surface area contributed by atoms with Gasteiger partial charge in [0.1, 0.15) is 5.71 Å². The maximum atomic E-state index is 14.4. The fraction of sp³-hybridized carbons (Fsp3) is 0.533. The summed E-state index contributed by atoms with van der Waals surface area (Å²) in [5.41, 5.74) is -0.453. The van der Waals surface area contributed by atoms with Crippen LogP contribution in [0.5, 0.6) is 0 Å². The minimum Gasteiger partial charge on any atom is -0.494 e. The summed E-state index contributed by atoms with van der Waals surface area (Å²) in [4.78, 5) is 0. The fourth-order valence-electron chi connectivity index (χ4n) is 2.29. The second kappa shape index (κ2) is 5.55. The lowest BCUT2D eigenvalue weighted by molar-refractivity contribution is 0.00578. The molecule has 1 aliphatic heterocycles. The molecular formula is C15H22BFN2O3. The molecule has 5 nitrogen and oxygen atoms in total. The summed E-state index contributed by atoms with van der Waals surface area (Å²) in [6, 6.07) is 0. The number of methoxy groups -OCH3 is 1. The third kappa shape index (κ3) is 2.59. The number of ether oxygens (including phenoxy) is 1. The van der Waals surface area contributed by atoms with Gasteiger partial charge in [0.15, 0.2) is 11.6 Å². The third-order valence-corrected chi connectivity index (χ3v) is 4.29. The van der Waals surface area contributed by atoms with Crippen LogP contribution < -0.4 is 5.32 Å². The molecule has 0 atom stereocenters. The van der Waals surface area contributed by atoms with Crippen LogP contribution in [0.3, 0.4) is 0 Å². The van der Waals surface area contributed by atoms with Crippen LogP contribution in [0.25, 0.3) is 0 Å². The van der Waals surface area contributed by atoms with Gasteiger partial charge < -0.3 is 19.4 Å². The van der Waals surface area contributed by atoms with Crippen molar-refractivity contribution in [3.05, 3.63) is 34.9 Å². The zero-order valence-electron chi connectivity index (χ0n) is 13.8. The molecule has 1 saturated heterocycles. The molecule has 120 valence electrons. The van der Waals surface area contributed by atoms with Crippen LogP contribution in [-0.2, 0) is 14.0 Å². The molecule has 1 aliphatic carbocycles. The van der Waals surface area contributed by atoms with Crippen molar-refractivity contribution in [3.63, 3.8) is 0 Å². The van der Waals surface area contributed by atoms with E-state index in [9.17, 15) is 4.39 Å². The Hall–Kier alpha value is -1.60. The first-order valence-corrected chi connectivity index (χ1v) is 7.12. The van der Waals surface area contributed by atoms with Crippen LogP contribution >= 0.6 is 0 Å². The van der Waals surface area contributed by atoms with Crippen molar-refractivity contribution in [2.75, 3.05) is 14.2 Å². The van der Waals surface area contributed by atoms with Gasteiger partial charge in [0, 0.05) is 24.3 Å². The summed E-state index contributed by atoms with van der Waals surface area (Å²) in [6.45, 7) is 7.70. The molecule has 0 aromatic rings. The van der Waals surface area contributed by atoms with E-state index < -0.39 is 24.1 Å². The van der Waals surface area contributed by atoms with Crippen LogP contribution in [0.1, 0.15) is 27.7 Å². The van der Waals surface area contributed by atoms with Gasteiger partial charge in [-0.15, -0.1) is 0 Å². The first-order chi connectivity index (χ1) is 10.1. The first kappa shape index (κ1) is 16.8. The molecule has 0 aromatic heterocycles. The number of halogens is 1. The number of nitrogens with one attached hydrogen (secondary N) is 2. The molecule has 1 fully saturated rings. The lowest BCUT2D eigenvalue weighted by atomic mass is 9.73. The van der Waals surface area contributed by atoms with Crippen molar-refractivity contribution < 1.29 is 18.4 Å². The average Bonchev–Trinajstić information content (AvgIpc) is 2.64. The SMILES string of the molecule is CN/C=C1/C=C(B2OC(C)(C)C(C)(C)O2)C(OC)=C(F)C1=N. The normalized spacial score (nSPS) is 25.6. The van der Waals surface area contributed by atoms with Crippen LogP contribution in [0, 0.1) is 5.41 Å². The van der Waals surface area contributed by atoms with Gasteiger partial charge in [0.2, 0.25) is 0 Å². The van der Waals surface area contributed by atoms with Gasteiger partial charge in [-0.1, -0.05) is 0 Å². The molecule has 0 aromatic carbocycles. The van der Waals surface area contributed by atoms with Crippen LogP contribution in [0.4, 0.5) is 4.39 Å². The van der Waals surface area contributed by atoms with Crippen molar-refractivity contribution in [2.45, 2.75) is 38.9 Å². The van der Waals surface area contributed by atoms with Gasteiger partial charge in [-0.25, -0.2) is 4.39 Å². The Kier molecular flexibility index (Phi) is 4.23. The summed E-state index contributed by atoms with van der Waals surface area (Å²) < 4.78 is 31.5. The van der Waals surface area contributed by atoms with Gasteiger partial charge in [0.05, 0.1) is 18.3 Å².